The third-order valence-corrected chi connectivity index (χ3v) is 3.63. The molecule has 0 saturated heterocycles. The third kappa shape index (κ3) is 3.06. The highest BCUT2D eigenvalue weighted by molar-refractivity contribution is 5.99. The van der Waals surface area contributed by atoms with Crippen LogP contribution in [0.15, 0.2) is 54.9 Å². The summed E-state index contributed by atoms with van der Waals surface area (Å²) in [6.07, 6.45) is 3.15. The summed E-state index contributed by atoms with van der Waals surface area (Å²) in [5.74, 6) is 0.806. The molecule has 1 aromatic heterocycles. The van der Waals surface area contributed by atoms with Gasteiger partial charge in [-0.1, -0.05) is 12.1 Å². The van der Waals surface area contributed by atoms with Crippen molar-refractivity contribution in [3.8, 4) is 5.75 Å². The number of benzene rings is 2. The second-order valence-electron chi connectivity index (χ2n) is 5.01. The molecule has 0 aliphatic carbocycles. The summed E-state index contributed by atoms with van der Waals surface area (Å²) in [5, 5.41) is 15.7. The third-order valence-electron chi connectivity index (χ3n) is 3.63. The first kappa shape index (κ1) is 14.8. The first-order valence-corrected chi connectivity index (χ1v) is 7.07. The van der Waals surface area contributed by atoms with Crippen molar-refractivity contribution in [1.29, 1.82) is 0 Å². The van der Waals surface area contributed by atoms with Gasteiger partial charge in [0.2, 0.25) is 0 Å². The molecule has 0 unspecified atom stereocenters. The number of methoxy groups -OCH3 is 1. The van der Waals surface area contributed by atoms with Gasteiger partial charge < -0.3 is 10.1 Å². The maximum atomic E-state index is 11.1. The molecule has 1 heterocycles. The zero-order chi connectivity index (χ0) is 16.2. The quantitative estimate of drug-likeness (QED) is 0.573. The number of nitrogens with zero attached hydrogens (tertiary/aromatic N) is 2. The number of aromatic nitrogens is 1. The van der Waals surface area contributed by atoms with Crippen LogP contribution in [-0.2, 0) is 6.54 Å². The van der Waals surface area contributed by atoms with E-state index in [2.05, 4.69) is 10.3 Å². The summed E-state index contributed by atoms with van der Waals surface area (Å²) in [7, 11) is 1.63. The number of nitro benzene ring substituents is 1. The zero-order valence-corrected chi connectivity index (χ0v) is 12.5. The fourth-order valence-electron chi connectivity index (χ4n) is 2.43. The Hall–Kier alpha value is -3.15. The monoisotopic (exact) mass is 309 g/mol. The van der Waals surface area contributed by atoms with E-state index in [1.807, 2.05) is 24.3 Å². The zero-order valence-electron chi connectivity index (χ0n) is 12.5. The molecular weight excluding hydrogens is 294 g/mol. The first-order valence-electron chi connectivity index (χ1n) is 7.07. The molecule has 0 aliphatic rings. The predicted octanol–water partition coefficient (Wildman–Crippen LogP) is 3.76. The molecule has 0 aliphatic heterocycles. The van der Waals surface area contributed by atoms with Gasteiger partial charge >= 0.3 is 0 Å². The van der Waals surface area contributed by atoms with Crippen LogP contribution in [0.2, 0.25) is 0 Å². The number of anilines is 1. The Bertz CT molecular complexity index is 847. The minimum absolute atomic E-state index is 0.0584. The van der Waals surface area contributed by atoms with E-state index < -0.39 is 4.92 Å². The second kappa shape index (κ2) is 6.31. The molecule has 6 nitrogen and oxygen atoms in total. The van der Waals surface area contributed by atoms with Crippen LogP contribution in [0.4, 0.5) is 11.4 Å². The van der Waals surface area contributed by atoms with Gasteiger partial charge in [0.1, 0.15) is 5.75 Å². The van der Waals surface area contributed by atoms with Crippen LogP contribution in [0.3, 0.4) is 0 Å². The number of hydrogen-bond donors (Lipinski definition) is 1. The summed E-state index contributed by atoms with van der Waals surface area (Å²) in [6, 6.07) is 12.7. The number of ether oxygens (including phenoxy) is 1. The minimum atomic E-state index is -0.392. The lowest BCUT2D eigenvalue weighted by Crippen LogP contribution is -2.01. The molecule has 3 rings (SSSR count). The van der Waals surface area contributed by atoms with Crippen LogP contribution < -0.4 is 10.1 Å². The Kier molecular flexibility index (Phi) is 4.05. The van der Waals surface area contributed by atoms with Gasteiger partial charge in [-0.15, -0.1) is 0 Å². The van der Waals surface area contributed by atoms with Gasteiger partial charge in [0.15, 0.2) is 0 Å². The minimum Gasteiger partial charge on any atom is -0.497 e. The normalized spacial score (nSPS) is 10.5. The largest absolute Gasteiger partial charge is 0.497 e. The smallest absolute Gasteiger partial charge is 0.278 e. The highest BCUT2D eigenvalue weighted by atomic mass is 16.6. The molecule has 0 atom stereocenters. The number of rotatable bonds is 5. The fourth-order valence-corrected chi connectivity index (χ4v) is 2.43. The first-order chi connectivity index (χ1) is 11.2. The molecule has 0 bridgehead atoms. The Morgan fingerprint density at radius 1 is 1.13 bits per heavy atom. The highest BCUT2D eigenvalue weighted by Crippen LogP contribution is 2.30. The molecular formula is C17H15N3O3. The summed E-state index contributed by atoms with van der Waals surface area (Å²) in [5.41, 5.74) is 1.98. The number of nitrogens with one attached hydrogen (secondary N) is 1. The van der Waals surface area contributed by atoms with Crippen molar-refractivity contribution in [2.45, 2.75) is 6.54 Å². The number of hydrogen-bond acceptors (Lipinski definition) is 5. The van der Waals surface area contributed by atoms with Gasteiger partial charge in [-0.3, -0.25) is 15.1 Å². The molecule has 23 heavy (non-hydrogen) atoms. The van der Waals surface area contributed by atoms with Gasteiger partial charge in [-0.25, -0.2) is 0 Å². The van der Waals surface area contributed by atoms with Crippen molar-refractivity contribution in [2.75, 3.05) is 12.4 Å². The summed E-state index contributed by atoms with van der Waals surface area (Å²) in [6.45, 7) is 0.610. The molecule has 116 valence electrons. The second-order valence-corrected chi connectivity index (χ2v) is 5.01. The highest BCUT2D eigenvalue weighted by Gasteiger charge is 2.14. The lowest BCUT2D eigenvalue weighted by atomic mass is 10.1. The fraction of sp³-hybridized carbons (Fsp3) is 0.118. The van der Waals surface area contributed by atoms with E-state index in [9.17, 15) is 10.1 Å². The topological polar surface area (TPSA) is 77.3 Å². The van der Waals surface area contributed by atoms with E-state index in [1.54, 1.807) is 25.4 Å². The van der Waals surface area contributed by atoms with E-state index in [-0.39, 0.29) is 5.69 Å². The Morgan fingerprint density at radius 3 is 2.61 bits per heavy atom. The summed E-state index contributed by atoms with van der Waals surface area (Å²) < 4.78 is 5.13. The van der Waals surface area contributed by atoms with Crippen LogP contribution in [0.25, 0.3) is 10.8 Å². The summed E-state index contributed by atoms with van der Waals surface area (Å²) in [4.78, 5) is 14.7. The molecule has 0 spiro atoms. The molecule has 0 fully saturated rings. The lowest BCUT2D eigenvalue weighted by molar-refractivity contribution is -0.383. The average Bonchev–Trinajstić information content (AvgIpc) is 2.59. The van der Waals surface area contributed by atoms with Crippen LogP contribution in [0.1, 0.15) is 5.56 Å². The van der Waals surface area contributed by atoms with Gasteiger partial charge in [-0.2, -0.15) is 0 Å². The van der Waals surface area contributed by atoms with E-state index in [1.165, 1.54) is 12.3 Å². The molecule has 0 radical (unpaired) electrons. The SMILES string of the molecule is COc1ccc(CNc2ccc([N+](=O)[O-])c3cnccc23)cc1. The molecule has 0 saturated carbocycles. The molecule has 3 aromatic rings. The van der Waals surface area contributed by atoms with Crippen LogP contribution in [0.5, 0.6) is 5.75 Å². The van der Waals surface area contributed by atoms with Crippen LogP contribution in [-0.4, -0.2) is 17.0 Å². The van der Waals surface area contributed by atoms with E-state index in [0.717, 1.165) is 22.4 Å². The van der Waals surface area contributed by atoms with Gasteiger partial charge in [0.05, 0.1) is 17.4 Å². The number of nitro groups is 1. The van der Waals surface area contributed by atoms with E-state index in [4.69, 9.17) is 4.74 Å². The molecule has 1 N–H and O–H groups in total. The molecule has 6 heteroatoms. The van der Waals surface area contributed by atoms with Gasteiger partial charge in [-0.05, 0) is 29.8 Å². The number of pyridine rings is 1. The van der Waals surface area contributed by atoms with E-state index >= 15 is 0 Å². The molecule has 2 aromatic carbocycles. The number of fused-ring (bicyclic) bond motifs is 1. The van der Waals surface area contributed by atoms with Crippen LogP contribution >= 0.6 is 0 Å². The Labute approximate surface area is 132 Å². The van der Waals surface area contributed by atoms with Crippen LogP contribution in [0, 0.1) is 10.1 Å². The standard InChI is InChI=1S/C17H15N3O3/c1-23-13-4-2-12(3-5-13)10-19-16-6-7-17(20(21)22)15-11-18-9-8-14(15)16/h2-9,11,19H,10H2,1H3. The maximum Gasteiger partial charge on any atom is 0.278 e. The van der Waals surface area contributed by atoms with E-state index in [0.29, 0.717) is 11.9 Å². The lowest BCUT2D eigenvalue weighted by Gasteiger charge is -2.10. The van der Waals surface area contributed by atoms with Crippen molar-refractivity contribution in [1.82, 2.24) is 4.98 Å². The Balaban J connectivity index is 1.88. The number of non-ortho nitro benzene ring substituents is 1. The van der Waals surface area contributed by atoms with Gasteiger partial charge in [0, 0.05) is 36.1 Å². The maximum absolute atomic E-state index is 11.1. The molecule has 0 amide bonds. The van der Waals surface area contributed by atoms with Crippen molar-refractivity contribution in [3.05, 3.63) is 70.5 Å². The Morgan fingerprint density at radius 2 is 1.91 bits per heavy atom. The van der Waals surface area contributed by atoms with Crippen molar-refractivity contribution < 1.29 is 9.66 Å². The van der Waals surface area contributed by atoms with Crippen molar-refractivity contribution in [2.24, 2.45) is 0 Å². The predicted molar refractivity (Wildman–Crippen MR) is 88.7 cm³/mol. The van der Waals surface area contributed by atoms with Crippen molar-refractivity contribution >= 4 is 22.1 Å². The average molecular weight is 309 g/mol. The van der Waals surface area contributed by atoms with Gasteiger partial charge in [0.25, 0.3) is 5.69 Å². The summed E-state index contributed by atoms with van der Waals surface area (Å²) >= 11 is 0. The van der Waals surface area contributed by atoms with Crippen molar-refractivity contribution in [3.63, 3.8) is 0 Å².